The van der Waals surface area contributed by atoms with Crippen LogP contribution in [0.1, 0.15) is 25.3 Å². The second-order valence-corrected chi connectivity index (χ2v) is 10.5. The first-order valence-corrected chi connectivity index (χ1v) is 13.1. The summed E-state index contributed by atoms with van der Waals surface area (Å²) < 4.78 is 33.9. The van der Waals surface area contributed by atoms with Crippen molar-refractivity contribution in [1.82, 2.24) is 14.6 Å². The van der Waals surface area contributed by atoms with Crippen LogP contribution in [0.25, 0.3) is 11.1 Å². The molecular formula is C24H30FN3O3S2. The minimum absolute atomic E-state index is 0.102. The molecule has 0 spiro atoms. The molecule has 178 valence electrons. The van der Waals surface area contributed by atoms with E-state index in [1.165, 1.54) is 23.6 Å². The second-order valence-electron chi connectivity index (χ2n) is 8.11. The fourth-order valence-electron chi connectivity index (χ4n) is 3.60. The first-order valence-electron chi connectivity index (χ1n) is 10.8. The summed E-state index contributed by atoms with van der Waals surface area (Å²) in [5.74, 6) is -0.0799. The largest absolute Gasteiger partial charge is 0.481 e. The quantitative estimate of drug-likeness (QED) is 0.556. The highest BCUT2D eigenvalue weighted by atomic mass is 32.2. The van der Waals surface area contributed by atoms with Gasteiger partial charge < -0.3 is 10.1 Å². The summed E-state index contributed by atoms with van der Waals surface area (Å²) >= 11 is 1.52. The lowest BCUT2D eigenvalue weighted by atomic mass is 9.93. The van der Waals surface area contributed by atoms with E-state index in [2.05, 4.69) is 33.7 Å². The number of aryl methyl sites for hydroxylation is 1. The van der Waals surface area contributed by atoms with Crippen molar-refractivity contribution >= 4 is 28.7 Å². The highest BCUT2D eigenvalue weighted by Gasteiger charge is 2.42. The van der Waals surface area contributed by atoms with Gasteiger partial charge in [-0.2, -0.15) is 0 Å². The number of pyridine rings is 1. The predicted octanol–water partition coefficient (Wildman–Crippen LogP) is 4.27. The molecule has 3 rings (SSSR count). The van der Waals surface area contributed by atoms with Crippen molar-refractivity contribution in [2.75, 3.05) is 26.5 Å². The molecular weight excluding hydrogens is 461 g/mol. The van der Waals surface area contributed by atoms with E-state index in [4.69, 9.17) is 4.74 Å². The van der Waals surface area contributed by atoms with Gasteiger partial charge in [0.25, 0.3) is 5.91 Å². The number of rotatable bonds is 8. The van der Waals surface area contributed by atoms with Crippen LogP contribution < -0.4 is 10.1 Å². The molecule has 1 N–H and O–H groups in total. The Hall–Kier alpha value is -2.23. The Morgan fingerprint density at radius 1 is 1.33 bits per heavy atom. The SMILES string of the molecule is COc1cc(-c2ccccc2C)c(SN2CCC(F)(C(=O)NC(C)/C=C\S(C)=O)CC2)cn1. The summed E-state index contributed by atoms with van der Waals surface area (Å²) in [6.07, 6.45) is 5.14. The number of piperidine rings is 1. The maximum absolute atomic E-state index is 15.4. The van der Waals surface area contributed by atoms with Gasteiger partial charge in [-0.05, 0) is 36.9 Å². The first-order chi connectivity index (χ1) is 15.7. The van der Waals surface area contributed by atoms with Gasteiger partial charge in [-0.1, -0.05) is 30.3 Å². The van der Waals surface area contributed by atoms with Crippen molar-refractivity contribution < 1.29 is 18.1 Å². The molecule has 33 heavy (non-hydrogen) atoms. The van der Waals surface area contributed by atoms with Gasteiger partial charge in [0.2, 0.25) is 5.88 Å². The zero-order chi connectivity index (χ0) is 24.0. The molecule has 1 saturated heterocycles. The zero-order valence-corrected chi connectivity index (χ0v) is 21.0. The lowest BCUT2D eigenvalue weighted by Gasteiger charge is -2.35. The average Bonchev–Trinajstić information content (AvgIpc) is 2.80. The van der Waals surface area contributed by atoms with Crippen LogP contribution in [0.5, 0.6) is 5.88 Å². The van der Waals surface area contributed by atoms with E-state index in [-0.39, 0.29) is 18.9 Å². The van der Waals surface area contributed by atoms with Crippen molar-refractivity contribution in [2.24, 2.45) is 0 Å². The molecule has 9 heteroatoms. The van der Waals surface area contributed by atoms with E-state index >= 15 is 4.39 Å². The number of ether oxygens (including phenoxy) is 1. The lowest BCUT2D eigenvalue weighted by Crippen LogP contribution is -2.51. The molecule has 2 atom stereocenters. The number of nitrogens with one attached hydrogen (secondary N) is 1. The Bertz CT molecular complexity index is 1040. The predicted molar refractivity (Wildman–Crippen MR) is 132 cm³/mol. The molecule has 0 saturated carbocycles. The van der Waals surface area contributed by atoms with E-state index in [9.17, 15) is 9.00 Å². The van der Waals surface area contributed by atoms with Crippen molar-refractivity contribution in [3.8, 4) is 17.0 Å². The minimum atomic E-state index is -1.92. The van der Waals surface area contributed by atoms with Crippen LogP contribution >= 0.6 is 11.9 Å². The third-order valence-corrected chi connectivity index (χ3v) is 7.24. The zero-order valence-electron chi connectivity index (χ0n) is 19.3. The highest BCUT2D eigenvalue weighted by Crippen LogP contribution is 2.39. The van der Waals surface area contributed by atoms with Crippen molar-refractivity contribution in [2.45, 2.75) is 43.3 Å². The molecule has 1 fully saturated rings. The number of carbonyl (C=O) groups is 1. The smallest absolute Gasteiger partial charge is 0.258 e. The van der Waals surface area contributed by atoms with Gasteiger partial charge in [0, 0.05) is 77.2 Å². The van der Waals surface area contributed by atoms with Crippen molar-refractivity contribution in [1.29, 1.82) is 0 Å². The number of aromatic nitrogens is 1. The van der Waals surface area contributed by atoms with Gasteiger partial charge in [0.1, 0.15) is 0 Å². The Balaban J connectivity index is 1.68. The first kappa shape index (κ1) is 25.4. The molecule has 6 nitrogen and oxygen atoms in total. The minimum Gasteiger partial charge on any atom is -0.481 e. The van der Waals surface area contributed by atoms with Gasteiger partial charge in [0.05, 0.1) is 7.11 Å². The monoisotopic (exact) mass is 491 g/mol. The Morgan fingerprint density at radius 2 is 2.03 bits per heavy atom. The van der Waals surface area contributed by atoms with Crippen LogP contribution in [0.15, 0.2) is 52.9 Å². The van der Waals surface area contributed by atoms with Crippen LogP contribution in [-0.2, 0) is 15.6 Å². The van der Waals surface area contributed by atoms with E-state index in [0.29, 0.717) is 19.0 Å². The van der Waals surface area contributed by atoms with Gasteiger partial charge in [-0.15, -0.1) is 0 Å². The summed E-state index contributed by atoms with van der Waals surface area (Å²) in [7, 11) is 0.481. The number of hydrogen-bond acceptors (Lipinski definition) is 6. The second kappa shape index (κ2) is 11.3. The number of hydrogen-bond donors (Lipinski definition) is 1. The molecule has 1 aromatic heterocycles. The molecule has 0 bridgehead atoms. The van der Waals surface area contributed by atoms with Crippen molar-refractivity contribution in [3.05, 3.63) is 53.6 Å². The van der Waals surface area contributed by atoms with E-state index in [1.807, 2.05) is 18.2 Å². The number of alkyl halides is 1. The van der Waals surface area contributed by atoms with Crippen LogP contribution in [0.2, 0.25) is 0 Å². The fraction of sp³-hybridized carbons (Fsp3) is 0.417. The summed E-state index contributed by atoms with van der Waals surface area (Å²) in [4.78, 5) is 17.9. The fourth-order valence-corrected chi connectivity index (χ4v) is 5.07. The maximum atomic E-state index is 15.4. The number of benzene rings is 1. The van der Waals surface area contributed by atoms with E-state index < -0.39 is 22.4 Å². The molecule has 2 aromatic rings. The molecule has 1 aliphatic heterocycles. The number of nitrogens with zero attached hydrogens (tertiary/aromatic N) is 2. The Labute approximate surface area is 201 Å². The number of amides is 1. The molecule has 0 aliphatic carbocycles. The molecule has 0 radical (unpaired) electrons. The van der Waals surface area contributed by atoms with Gasteiger partial charge in [-0.25, -0.2) is 13.7 Å². The summed E-state index contributed by atoms with van der Waals surface area (Å²) in [5, 5.41) is 4.17. The summed E-state index contributed by atoms with van der Waals surface area (Å²) in [6, 6.07) is 9.64. The topological polar surface area (TPSA) is 71.5 Å². The summed E-state index contributed by atoms with van der Waals surface area (Å²) in [5.41, 5.74) is 1.32. The van der Waals surface area contributed by atoms with E-state index in [1.54, 1.807) is 26.3 Å². The molecule has 1 aromatic carbocycles. The molecule has 2 heterocycles. The number of carbonyl (C=O) groups excluding carboxylic acids is 1. The summed E-state index contributed by atoms with van der Waals surface area (Å²) in [6.45, 7) is 4.65. The molecule has 2 unspecified atom stereocenters. The van der Waals surface area contributed by atoms with Gasteiger partial charge in [0.15, 0.2) is 5.67 Å². The van der Waals surface area contributed by atoms with E-state index in [0.717, 1.165) is 21.6 Å². The van der Waals surface area contributed by atoms with Crippen LogP contribution in [0.4, 0.5) is 4.39 Å². The average molecular weight is 492 g/mol. The van der Waals surface area contributed by atoms with Crippen molar-refractivity contribution in [3.63, 3.8) is 0 Å². The molecule has 1 aliphatic rings. The van der Waals surface area contributed by atoms with Crippen LogP contribution in [0.3, 0.4) is 0 Å². The van der Waals surface area contributed by atoms with Crippen LogP contribution in [0, 0.1) is 6.92 Å². The van der Waals surface area contributed by atoms with Crippen LogP contribution in [-0.4, -0.2) is 57.6 Å². The molecule has 1 amide bonds. The third kappa shape index (κ3) is 6.65. The Kier molecular flexibility index (Phi) is 8.67. The van der Waals surface area contributed by atoms with Gasteiger partial charge >= 0.3 is 0 Å². The third-order valence-electron chi connectivity index (χ3n) is 5.55. The number of methoxy groups -OCH3 is 1. The van der Waals surface area contributed by atoms with Gasteiger partial charge in [-0.3, -0.25) is 9.00 Å². The standard InChI is InChI=1S/C24H30FN3O3S2/c1-17-7-5-6-8-19(17)20-15-22(31-3)26-16-21(20)32-28-12-10-24(25,11-13-28)23(29)27-18(2)9-14-33(4)30/h5-9,14-16,18H,10-13H2,1-4H3,(H,27,29)/b14-9-. The number of halogens is 1. The Morgan fingerprint density at radius 3 is 2.67 bits per heavy atom. The normalized spacial score (nSPS) is 18.1. The maximum Gasteiger partial charge on any atom is 0.258 e. The lowest BCUT2D eigenvalue weighted by molar-refractivity contribution is -0.135. The highest BCUT2D eigenvalue weighted by molar-refractivity contribution is 7.97.